The summed E-state index contributed by atoms with van der Waals surface area (Å²) < 4.78 is 49.1. The van der Waals surface area contributed by atoms with Crippen LogP contribution in [0.25, 0.3) is 0 Å². The lowest BCUT2D eigenvalue weighted by atomic mass is 10.2. The number of rotatable bonds is 9. The van der Waals surface area contributed by atoms with Crippen LogP contribution in [-0.4, -0.2) is 23.7 Å². The lowest BCUT2D eigenvalue weighted by molar-refractivity contribution is -0.384. The Balaban J connectivity index is 1.66. The number of halogens is 5. The lowest BCUT2D eigenvalue weighted by Gasteiger charge is -2.11. The molecule has 1 amide bonds. The second kappa shape index (κ2) is 11.7. The van der Waals surface area contributed by atoms with Crippen molar-refractivity contribution in [1.29, 1.82) is 0 Å². The molecule has 0 fully saturated rings. The SMILES string of the molecule is O=C(COc1cccc(C(F)(F)F)c1)N/N=C/c1cc([N+](=O)[O-])ccc1OCc1c(Cl)cccc1Cl. The zero-order valence-corrected chi connectivity index (χ0v) is 19.6. The summed E-state index contributed by atoms with van der Waals surface area (Å²) in [5.41, 5.74) is 1.62. The van der Waals surface area contributed by atoms with Crippen LogP contribution in [0.5, 0.6) is 11.5 Å². The number of nitro benzene ring substituents is 1. The van der Waals surface area contributed by atoms with E-state index in [1.807, 2.05) is 0 Å². The Hall–Kier alpha value is -3.83. The van der Waals surface area contributed by atoms with Crippen molar-refractivity contribution in [3.8, 4) is 11.5 Å². The molecular formula is C23H16Cl2F3N3O5. The van der Waals surface area contributed by atoms with Crippen LogP contribution in [0.1, 0.15) is 16.7 Å². The van der Waals surface area contributed by atoms with Gasteiger partial charge in [-0.15, -0.1) is 0 Å². The Morgan fingerprint density at radius 3 is 2.42 bits per heavy atom. The maximum absolute atomic E-state index is 12.8. The highest BCUT2D eigenvalue weighted by atomic mass is 35.5. The monoisotopic (exact) mass is 541 g/mol. The van der Waals surface area contributed by atoms with E-state index in [1.165, 1.54) is 24.3 Å². The highest BCUT2D eigenvalue weighted by Gasteiger charge is 2.30. The Kier molecular flexibility index (Phi) is 8.73. The molecule has 0 saturated heterocycles. The molecule has 0 atom stereocenters. The van der Waals surface area contributed by atoms with E-state index in [0.717, 1.165) is 24.4 Å². The number of benzene rings is 3. The third-order valence-corrected chi connectivity index (χ3v) is 5.27. The van der Waals surface area contributed by atoms with Crippen LogP contribution in [0.3, 0.4) is 0 Å². The number of amides is 1. The molecule has 0 radical (unpaired) electrons. The number of ether oxygens (including phenoxy) is 2. The molecule has 0 unspecified atom stereocenters. The molecule has 1 N–H and O–H groups in total. The van der Waals surface area contributed by atoms with Gasteiger partial charge in [0.2, 0.25) is 0 Å². The highest BCUT2D eigenvalue weighted by Crippen LogP contribution is 2.31. The molecule has 0 bridgehead atoms. The summed E-state index contributed by atoms with van der Waals surface area (Å²) in [5, 5.41) is 15.6. The van der Waals surface area contributed by atoms with E-state index < -0.39 is 29.2 Å². The van der Waals surface area contributed by atoms with Gasteiger partial charge in [-0.3, -0.25) is 14.9 Å². The molecule has 3 aromatic carbocycles. The molecule has 0 heterocycles. The molecule has 188 valence electrons. The van der Waals surface area contributed by atoms with E-state index >= 15 is 0 Å². The average molecular weight is 542 g/mol. The fourth-order valence-electron chi connectivity index (χ4n) is 2.82. The second-order valence-corrected chi connectivity index (χ2v) is 7.89. The Labute approximate surface area is 212 Å². The van der Waals surface area contributed by atoms with E-state index in [0.29, 0.717) is 15.6 Å². The molecule has 0 aliphatic heterocycles. The summed E-state index contributed by atoms with van der Waals surface area (Å²) in [5.74, 6) is -0.745. The van der Waals surface area contributed by atoms with Gasteiger partial charge in [-0.05, 0) is 36.4 Å². The van der Waals surface area contributed by atoms with Crippen molar-refractivity contribution < 1.29 is 32.4 Å². The number of nitro groups is 1. The number of nitrogens with zero attached hydrogens (tertiary/aromatic N) is 2. The third kappa shape index (κ3) is 7.33. The maximum Gasteiger partial charge on any atom is 0.416 e. The van der Waals surface area contributed by atoms with Gasteiger partial charge in [0.25, 0.3) is 11.6 Å². The van der Waals surface area contributed by atoms with Crippen molar-refractivity contribution >= 4 is 41.0 Å². The van der Waals surface area contributed by atoms with Gasteiger partial charge in [-0.1, -0.05) is 35.3 Å². The Bertz CT molecular complexity index is 1280. The number of hydrazone groups is 1. The van der Waals surface area contributed by atoms with Gasteiger partial charge in [0.05, 0.1) is 16.7 Å². The maximum atomic E-state index is 12.8. The zero-order chi connectivity index (χ0) is 26.3. The van der Waals surface area contributed by atoms with E-state index in [1.54, 1.807) is 18.2 Å². The van der Waals surface area contributed by atoms with Crippen LogP contribution >= 0.6 is 23.2 Å². The summed E-state index contributed by atoms with van der Waals surface area (Å²) in [6, 6.07) is 12.7. The van der Waals surface area contributed by atoms with Gasteiger partial charge in [-0.2, -0.15) is 18.3 Å². The average Bonchev–Trinajstić information content (AvgIpc) is 2.82. The fraction of sp³-hybridized carbons (Fsp3) is 0.130. The summed E-state index contributed by atoms with van der Waals surface area (Å²) in [7, 11) is 0. The molecule has 0 aromatic heterocycles. The van der Waals surface area contributed by atoms with Crippen LogP contribution in [0, 0.1) is 10.1 Å². The van der Waals surface area contributed by atoms with Gasteiger partial charge in [-0.25, -0.2) is 5.43 Å². The molecule has 3 aromatic rings. The standard InChI is InChI=1S/C23H16Cl2F3N3O5/c24-19-5-2-6-20(25)18(19)12-36-21-8-7-16(31(33)34)9-14(21)11-29-30-22(32)13-35-17-4-1-3-15(10-17)23(26,27)28/h1-11H,12-13H2,(H,30,32)/b29-11+. The minimum atomic E-state index is -4.55. The zero-order valence-electron chi connectivity index (χ0n) is 18.1. The molecule has 8 nitrogen and oxygen atoms in total. The number of non-ortho nitro benzene ring substituents is 1. The molecular weight excluding hydrogens is 526 g/mol. The first-order chi connectivity index (χ1) is 17.0. The van der Waals surface area contributed by atoms with Crippen molar-refractivity contribution in [3.63, 3.8) is 0 Å². The summed E-state index contributed by atoms with van der Waals surface area (Å²) in [6.07, 6.45) is -3.44. The van der Waals surface area contributed by atoms with Gasteiger partial charge in [0.1, 0.15) is 18.1 Å². The fourth-order valence-corrected chi connectivity index (χ4v) is 3.33. The van der Waals surface area contributed by atoms with Crippen molar-refractivity contribution in [3.05, 3.63) is 97.5 Å². The third-order valence-electron chi connectivity index (χ3n) is 4.56. The van der Waals surface area contributed by atoms with Crippen LogP contribution < -0.4 is 14.9 Å². The van der Waals surface area contributed by atoms with E-state index in [9.17, 15) is 28.1 Å². The van der Waals surface area contributed by atoms with Gasteiger partial charge >= 0.3 is 6.18 Å². The first-order valence-electron chi connectivity index (χ1n) is 10.0. The van der Waals surface area contributed by atoms with E-state index in [2.05, 4.69) is 10.5 Å². The van der Waals surface area contributed by atoms with Crippen LogP contribution in [0.2, 0.25) is 10.0 Å². The molecule has 13 heteroatoms. The van der Waals surface area contributed by atoms with E-state index in [4.69, 9.17) is 32.7 Å². The number of carbonyl (C=O) groups excluding carboxylic acids is 1. The normalized spacial score (nSPS) is 11.4. The van der Waals surface area contributed by atoms with Crippen LogP contribution in [0.4, 0.5) is 18.9 Å². The minimum absolute atomic E-state index is 0.0473. The highest BCUT2D eigenvalue weighted by molar-refractivity contribution is 6.35. The lowest BCUT2D eigenvalue weighted by Crippen LogP contribution is -2.24. The van der Waals surface area contributed by atoms with Crippen molar-refractivity contribution in [2.24, 2.45) is 5.10 Å². The quantitative estimate of drug-likeness (QED) is 0.202. The van der Waals surface area contributed by atoms with Gasteiger partial charge in [0, 0.05) is 33.3 Å². The minimum Gasteiger partial charge on any atom is -0.488 e. The molecule has 0 aliphatic carbocycles. The van der Waals surface area contributed by atoms with Gasteiger partial charge < -0.3 is 9.47 Å². The Morgan fingerprint density at radius 1 is 1.06 bits per heavy atom. The molecule has 0 aliphatic rings. The van der Waals surface area contributed by atoms with Crippen molar-refractivity contribution in [2.75, 3.05) is 6.61 Å². The molecule has 0 saturated carbocycles. The van der Waals surface area contributed by atoms with Crippen molar-refractivity contribution in [1.82, 2.24) is 5.43 Å². The number of hydrogen-bond acceptors (Lipinski definition) is 6. The Morgan fingerprint density at radius 2 is 1.75 bits per heavy atom. The number of nitrogens with one attached hydrogen (secondary N) is 1. The number of alkyl halides is 3. The van der Waals surface area contributed by atoms with Crippen LogP contribution in [0.15, 0.2) is 65.8 Å². The largest absolute Gasteiger partial charge is 0.488 e. The van der Waals surface area contributed by atoms with Gasteiger partial charge in [0.15, 0.2) is 6.61 Å². The second-order valence-electron chi connectivity index (χ2n) is 7.08. The predicted octanol–water partition coefficient (Wildman–Crippen LogP) is 6.03. The first kappa shape index (κ1) is 26.8. The summed E-state index contributed by atoms with van der Waals surface area (Å²) >= 11 is 12.3. The molecule has 0 spiro atoms. The number of hydrogen-bond donors (Lipinski definition) is 1. The topological polar surface area (TPSA) is 103 Å². The smallest absolute Gasteiger partial charge is 0.416 e. The summed E-state index contributed by atoms with van der Waals surface area (Å²) in [4.78, 5) is 22.5. The van der Waals surface area contributed by atoms with E-state index in [-0.39, 0.29) is 29.4 Å². The molecule has 36 heavy (non-hydrogen) atoms. The predicted molar refractivity (Wildman–Crippen MR) is 127 cm³/mol. The first-order valence-corrected chi connectivity index (χ1v) is 10.8. The molecule has 3 rings (SSSR count). The van der Waals surface area contributed by atoms with Crippen molar-refractivity contribution in [2.45, 2.75) is 12.8 Å². The summed E-state index contributed by atoms with van der Waals surface area (Å²) in [6.45, 7) is -0.670. The van der Waals surface area contributed by atoms with Crippen LogP contribution in [-0.2, 0) is 17.6 Å². The number of carbonyl (C=O) groups is 1.